The molecule has 120 valence electrons. The summed E-state index contributed by atoms with van der Waals surface area (Å²) in [4.78, 5) is 0.378. The lowest BCUT2D eigenvalue weighted by atomic mass is 9.96. The van der Waals surface area contributed by atoms with Gasteiger partial charge in [0.05, 0.1) is 11.5 Å². The maximum atomic E-state index is 12.7. The molecule has 1 unspecified atom stereocenters. The molecule has 0 radical (unpaired) electrons. The smallest absolute Gasteiger partial charge is 0.243 e. The summed E-state index contributed by atoms with van der Waals surface area (Å²) >= 11 is 0. The fraction of sp³-hybridized carbons (Fsp3) is 0.333. The summed E-state index contributed by atoms with van der Waals surface area (Å²) < 4.78 is 32.6. The number of hydrogen-bond donors (Lipinski definition) is 0. The molecule has 4 rings (SSSR count). The molecule has 23 heavy (non-hydrogen) atoms. The summed E-state index contributed by atoms with van der Waals surface area (Å²) in [5.41, 5.74) is 2.46. The molecule has 1 atom stereocenters. The molecular weight excluding hydrogens is 310 g/mol. The average molecular weight is 329 g/mol. The van der Waals surface area contributed by atoms with Crippen LogP contribution in [0.3, 0.4) is 0 Å². The Kier molecular flexibility index (Phi) is 3.62. The van der Waals surface area contributed by atoms with Crippen molar-refractivity contribution in [2.45, 2.75) is 23.7 Å². The monoisotopic (exact) mass is 329 g/mol. The molecular formula is C18H19NO3S. The van der Waals surface area contributed by atoms with E-state index in [1.54, 1.807) is 28.6 Å². The zero-order valence-corrected chi connectivity index (χ0v) is 13.6. The highest BCUT2D eigenvalue weighted by atomic mass is 32.2. The predicted octanol–water partition coefficient (Wildman–Crippen LogP) is 2.80. The first-order chi connectivity index (χ1) is 11.1. The Balaban J connectivity index is 1.55. The Morgan fingerprint density at radius 3 is 2.74 bits per heavy atom. The number of hydrogen-bond acceptors (Lipinski definition) is 3. The normalized spacial score (nSPS) is 21.1. The van der Waals surface area contributed by atoms with Crippen LogP contribution >= 0.6 is 0 Å². The fourth-order valence-electron chi connectivity index (χ4n) is 3.42. The molecule has 2 aliphatic heterocycles. The van der Waals surface area contributed by atoms with Gasteiger partial charge in [-0.05, 0) is 41.7 Å². The van der Waals surface area contributed by atoms with Gasteiger partial charge in [0.15, 0.2) is 0 Å². The zero-order valence-electron chi connectivity index (χ0n) is 12.8. The van der Waals surface area contributed by atoms with E-state index in [9.17, 15) is 8.42 Å². The third kappa shape index (κ3) is 2.64. The van der Waals surface area contributed by atoms with Crippen molar-refractivity contribution in [1.82, 2.24) is 4.31 Å². The lowest BCUT2D eigenvalue weighted by Crippen LogP contribution is -2.28. The molecule has 0 aliphatic carbocycles. The average Bonchev–Trinajstić information content (AvgIpc) is 3.24. The molecule has 1 fully saturated rings. The maximum absolute atomic E-state index is 12.7. The van der Waals surface area contributed by atoms with Gasteiger partial charge in [-0.25, -0.2) is 8.42 Å². The van der Waals surface area contributed by atoms with Gasteiger partial charge in [0, 0.05) is 19.5 Å². The Morgan fingerprint density at radius 1 is 1.09 bits per heavy atom. The zero-order chi connectivity index (χ0) is 15.9. The molecule has 4 nitrogen and oxygen atoms in total. The van der Waals surface area contributed by atoms with Crippen LogP contribution in [-0.2, 0) is 16.4 Å². The summed E-state index contributed by atoms with van der Waals surface area (Å²) in [6, 6.07) is 15.0. The van der Waals surface area contributed by atoms with Crippen molar-refractivity contribution < 1.29 is 13.2 Å². The first-order valence-corrected chi connectivity index (χ1v) is 9.39. The molecule has 1 saturated heterocycles. The Hall–Kier alpha value is -1.85. The van der Waals surface area contributed by atoms with Gasteiger partial charge in [-0.15, -0.1) is 0 Å². The van der Waals surface area contributed by atoms with E-state index in [0.717, 1.165) is 25.2 Å². The molecule has 2 heterocycles. The molecule has 0 N–H and O–H groups in total. The van der Waals surface area contributed by atoms with Crippen molar-refractivity contribution in [1.29, 1.82) is 0 Å². The minimum absolute atomic E-state index is 0.263. The van der Waals surface area contributed by atoms with Crippen molar-refractivity contribution in [2.24, 2.45) is 0 Å². The SMILES string of the molecule is O=S(=O)(c1ccccc1)N1CCC(c2ccc3c(c2)CCO3)C1. The van der Waals surface area contributed by atoms with Crippen molar-refractivity contribution in [3.05, 3.63) is 59.7 Å². The molecule has 0 amide bonds. The highest BCUT2D eigenvalue weighted by Gasteiger charge is 2.33. The van der Waals surface area contributed by atoms with Gasteiger partial charge in [-0.2, -0.15) is 4.31 Å². The van der Waals surface area contributed by atoms with Crippen LogP contribution in [0.5, 0.6) is 5.75 Å². The standard InChI is InChI=1S/C18H19NO3S/c20-23(21,17-4-2-1-3-5-17)19-10-8-16(13-19)14-6-7-18-15(12-14)9-11-22-18/h1-7,12,16H,8-11,13H2. The summed E-state index contributed by atoms with van der Waals surface area (Å²) in [7, 11) is -3.38. The second kappa shape index (κ2) is 5.65. The van der Waals surface area contributed by atoms with Crippen molar-refractivity contribution in [2.75, 3.05) is 19.7 Å². The molecule has 2 aliphatic rings. The fourth-order valence-corrected chi connectivity index (χ4v) is 4.94. The van der Waals surface area contributed by atoms with E-state index in [0.29, 0.717) is 18.0 Å². The maximum Gasteiger partial charge on any atom is 0.243 e. The molecule has 0 bridgehead atoms. The predicted molar refractivity (Wildman–Crippen MR) is 88.2 cm³/mol. The van der Waals surface area contributed by atoms with E-state index in [2.05, 4.69) is 12.1 Å². The Morgan fingerprint density at radius 2 is 1.91 bits per heavy atom. The second-order valence-electron chi connectivity index (χ2n) is 6.13. The van der Waals surface area contributed by atoms with Crippen LogP contribution in [0.4, 0.5) is 0 Å². The number of benzene rings is 2. The number of sulfonamides is 1. The number of rotatable bonds is 3. The van der Waals surface area contributed by atoms with Crippen LogP contribution in [0.15, 0.2) is 53.4 Å². The Labute approximate surface area is 136 Å². The number of nitrogens with zero attached hydrogens (tertiary/aromatic N) is 1. The molecule has 0 spiro atoms. The first kappa shape index (κ1) is 14.7. The highest BCUT2D eigenvalue weighted by Crippen LogP contribution is 2.34. The highest BCUT2D eigenvalue weighted by molar-refractivity contribution is 7.89. The largest absolute Gasteiger partial charge is 0.493 e. The molecule has 5 heteroatoms. The molecule has 0 aromatic heterocycles. The summed E-state index contributed by atoms with van der Waals surface area (Å²) in [6.45, 7) is 1.88. The van der Waals surface area contributed by atoms with Crippen LogP contribution in [0, 0.1) is 0 Å². The van der Waals surface area contributed by atoms with Gasteiger partial charge >= 0.3 is 0 Å². The van der Waals surface area contributed by atoms with E-state index < -0.39 is 10.0 Å². The van der Waals surface area contributed by atoms with Crippen LogP contribution < -0.4 is 4.74 Å². The topological polar surface area (TPSA) is 46.6 Å². The van der Waals surface area contributed by atoms with E-state index in [1.165, 1.54) is 11.1 Å². The molecule has 2 aromatic rings. The third-order valence-electron chi connectivity index (χ3n) is 4.72. The van der Waals surface area contributed by atoms with Crippen LogP contribution in [0.1, 0.15) is 23.5 Å². The van der Waals surface area contributed by atoms with E-state index >= 15 is 0 Å². The summed E-state index contributed by atoms with van der Waals surface area (Å²) in [6.07, 6.45) is 1.81. The first-order valence-electron chi connectivity index (χ1n) is 7.95. The summed E-state index contributed by atoms with van der Waals surface area (Å²) in [5.74, 6) is 1.24. The van der Waals surface area contributed by atoms with Crippen molar-refractivity contribution in [3.8, 4) is 5.75 Å². The number of ether oxygens (including phenoxy) is 1. The van der Waals surface area contributed by atoms with Gasteiger partial charge in [-0.1, -0.05) is 30.3 Å². The molecule has 0 saturated carbocycles. The third-order valence-corrected chi connectivity index (χ3v) is 6.60. The Bertz CT molecular complexity index is 817. The van der Waals surface area contributed by atoms with Crippen molar-refractivity contribution in [3.63, 3.8) is 0 Å². The van der Waals surface area contributed by atoms with Crippen molar-refractivity contribution >= 4 is 10.0 Å². The van der Waals surface area contributed by atoms with E-state index in [4.69, 9.17) is 4.74 Å². The van der Waals surface area contributed by atoms with Gasteiger partial charge < -0.3 is 4.74 Å². The quantitative estimate of drug-likeness (QED) is 0.870. The minimum Gasteiger partial charge on any atom is -0.493 e. The van der Waals surface area contributed by atoms with Gasteiger partial charge in [-0.3, -0.25) is 0 Å². The lowest BCUT2D eigenvalue weighted by Gasteiger charge is -2.17. The van der Waals surface area contributed by atoms with Crippen LogP contribution in [-0.4, -0.2) is 32.4 Å². The van der Waals surface area contributed by atoms with Gasteiger partial charge in [0.25, 0.3) is 0 Å². The lowest BCUT2D eigenvalue weighted by molar-refractivity contribution is 0.357. The second-order valence-corrected chi connectivity index (χ2v) is 8.07. The van der Waals surface area contributed by atoms with Gasteiger partial charge in [0.1, 0.15) is 5.75 Å². The minimum atomic E-state index is -3.38. The summed E-state index contributed by atoms with van der Waals surface area (Å²) in [5, 5.41) is 0. The molecule has 2 aromatic carbocycles. The number of fused-ring (bicyclic) bond motifs is 1. The van der Waals surface area contributed by atoms with Crippen LogP contribution in [0.2, 0.25) is 0 Å². The van der Waals surface area contributed by atoms with Crippen LogP contribution in [0.25, 0.3) is 0 Å². The van der Waals surface area contributed by atoms with E-state index in [-0.39, 0.29) is 5.92 Å². The van der Waals surface area contributed by atoms with E-state index in [1.807, 2.05) is 12.1 Å². The van der Waals surface area contributed by atoms with Gasteiger partial charge in [0.2, 0.25) is 10.0 Å².